The number of fused-ring (bicyclic) bond motifs is 1. The van der Waals surface area contributed by atoms with Gasteiger partial charge in [0, 0.05) is 41.0 Å². The standard InChI is InChI=1S/C20H23N5O/c1-11-12(2)24-25-19(11)18(26)8-13-7-15-9-17(23-20(15)22-10-13)14-3-5-16(21)6-4-14/h3,7,9-10,16H,4-6,8,21H2,1-2H3,(H,22,23)(H,24,25). The number of carbonyl (C=O) groups is 1. The van der Waals surface area contributed by atoms with Crippen molar-refractivity contribution in [3.8, 4) is 0 Å². The summed E-state index contributed by atoms with van der Waals surface area (Å²) in [6.07, 6.45) is 7.19. The van der Waals surface area contributed by atoms with Crippen LogP contribution >= 0.6 is 0 Å². The minimum Gasteiger partial charge on any atom is -0.340 e. The molecule has 3 aromatic heterocycles. The number of nitrogens with two attached hydrogens (primary N) is 1. The molecule has 26 heavy (non-hydrogen) atoms. The van der Waals surface area contributed by atoms with Gasteiger partial charge >= 0.3 is 0 Å². The number of ketones is 1. The first-order valence-electron chi connectivity index (χ1n) is 8.98. The zero-order valence-electron chi connectivity index (χ0n) is 15.1. The highest BCUT2D eigenvalue weighted by Crippen LogP contribution is 2.28. The van der Waals surface area contributed by atoms with Gasteiger partial charge in [-0.3, -0.25) is 9.89 Å². The Morgan fingerprint density at radius 3 is 2.88 bits per heavy atom. The molecule has 1 atom stereocenters. The zero-order chi connectivity index (χ0) is 18.3. The molecule has 1 aliphatic rings. The highest BCUT2D eigenvalue weighted by molar-refractivity contribution is 5.97. The lowest BCUT2D eigenvalue weighted by Gasteiger charge is -2.17. The van der Waals surface area contributed by atoms with E-state index in [2.05, 4.69) is 32.3 Å². The maximum atomic E-state index is 12.5. The fraction of sp³-hybridized carbons (Fsp3) is 0.350. The van der Waals surface area contributed by atoms with Crippen LogP contribution in [-0.2, 0) is 6.42 Å². The molecule has 3 aromatic rings. The summed E-state index contributed by atoms with van der Waals surface area (Å²) in [4.78, 5) is 20.4. The Bertz CT molecular complexity index is 1010. The van der Waals surface area contributed by atoms with Gasteiger partial charge in [-0.25, -0.2) is 4.98 Å². The number of aromatic amines is 2. The van der Waals surface area contributed by atoms with Crippen molar-refractivity contribution < 1.29 is 4.79 Å². The van der Waals surface area contributed by atoms with E-state index < -0.39 is 0 Å². The third-order valence-corrected chi connectivity index (χ3v) is 5.21. The molecule has 0 amide bonds. The summed E-state index contributed by atoms with van der Waals surface area (Å²) in [7, 11) is 0. The fourth-order valence-electron chi connectivity index (χ4n) is 3.46. The molecule has 0 saturated carbocycles. The minimum absolute atomic E-state index is 0.00716. The second-order valence-corrected chi connectivity index (χ2v) is 7.15. The Morgan fingerprint density at radius 1 is 1.35 bits per heavy atom. The molecule has 0 bridgehead atoms. The first-order chi connectivity index (χ1) is 12.5. The number of carbonyl (C=O) groups excluding carboxylic acids is 1. The summed E-state index contributed by atoms with van der Waals surface area (Å²) < 4.78 is 0. The van der Waals surface area contributed by atoms with Crippen LogP contribution in [0, 0.1) is 13.8 Å². The van der Waals surface area contributed by atoms with E-state index in [-0.39, 0.29) is 11.8 Å². The normalized spacial score (nSPS) is 17.5. The first kappa shape index (κ1) is 16.7. The number of pyridine rings is 1. The number of nitrogens with zero attached hydrogens (tertiary/aromatic N) is 2. The molecule has 0 aromatic carbocycles. The average Bonchev–Trinajstić information content (AvgIpc) is 3.19. The maximum Gasteiger partial charge on any atom is 0.187 e. The number of hydrogen-bond acceptors (Lipinski definition) is 4. The van der Waals surface area contributed by atoms with Crippen LogP contribution in [0.2, 0.25) is 0 Å². The lowest BCUT2D eigenvalue weighted by Crippen LogP contribution is -2.21. The van der Waals surface area contributed by atoms with E-state index in [1.165, 1.54) is 5.57 Å². The topological polar surface area (TPSA) is 100 Å². The van der Waals surface area contributed by atoms with Crippen molar-refractivity contribution in [2.75, 3.05) is 0 Å². The van der Waals surface area contributed by atoms with Crippen molar-refractivity contribution >= 4 is 22.4 Å². The number of nitrogens with one attached hydrogen (secondary N) is 2. The Balaban J connectivity index is 1.58. The highest BCUT2D eigenvalue weighted by Gasteiger charge is 2.17. The summed E-state index contributed by atoms with van der Waals surface area (Å²) in [5.74, 6) is 0.00716. The van der Waals surface area contributed by atoms with Crippen molar-refractivity contribution in [3.05, 3.63) is 52.6 Å². The van der Waals surface area contributed by atoms with Crippen LogP contribution in [0.4, 0.5) is 0 Å². The number of H-pyrrole nitrogens is 2. The number of aryl methyl sites for hydroxylation is 1. The monoisotopic (exact) mass is 349 g/mol. The lowest BCUT2D eigenvalue weighted by molar-refractivity contribution is 0.0987. The molecule has 6 nitrogen and oxygen atoms in total. The van der Waals surface area contributed by atoms with Crippen LogP contribution in [0.5, 0.6) is 0 Å². The van der Waals surface area contributed by atoms with E-state index >= 15 is 0 Å². The van der Waals surface area contributed by atoms with E-state index in [0.717, 1.165) is 52.8 Å². The molecule has 134 valence electrons. The molecule has 0 spiro atoms. The van der Waals surface area contributed by atoms with Crippen LogP contribution in [-0.4, -0.2) is 32.0 Å². The van der Waals surface area contributed by atoms with Crippen LogP contribution in [0.25, 0.3) is 16.6 Å². The maximum absolute atomic E-state index is 12.5. The highest BCUT2D eigenvalue weighted by atomic mass is 16.1. The number of rotatable bonds is 4. The smallest absolute Gasteiger partial charge is 0.187 e. The van der Waals surface area contributed by atoms with Crippen molar-refractivity contribution in [3.63, 3.8) is 0 Å². The van der Waals surface area contributed by atoms with Gasteiger partial charge in [-0.05, 0) is 56.4 Å². The van der Waals surface area contributed by atoms with E-state index in [0.29, 0.717) is 12.1 Å². The van der Waals surface area contributed by atoms with Crippen LogP contribution in [0.1, 0.15) is 52.3 Å². The van der Waals surface area contributed by atoms with E-state index in [1.807, 2.05) is 19.9 Å². The van der Waals surface area contributed by atoms with E-state index in [9.17, 15) is 4.79 Å². The Hall–Kier alpha value is -2.73. The molecule has 4 N–H and O–H groups in total. The molecule has 0 aliphatic heterocycles. The van der Waals surface area contributed by atoms with Gasteiger partial charge in [0.15, 0.2) is 5.78 Å². The molecular weight excluding hydrogens is 326 g/mol. The van der Waals surface area contributed by atoms with Crippen molar-refractivity contribution in [1.29, 1.82) is 0 Å². The van der Waals surface area contributed by atoms with Crippen LogP contribution in [0.3, 0.4) is 0 Å². The van der Waals surface area contributed by atoms with Gasteiger partial charge in [-0.1, -0.05) is 6.08 Å². The second kappa shape index (κ2) is 6.53. The van der Waals surface area contributed by atoms with Gasteiger partial charge < -0.3 is 10.7 Å². The lowest BCUT2D eigenvalue weighted by atomic mass is 9.94. The van der Waals surface area contributed by atoms with Gasteiger partial charge in [0.1, 0.15) is 11.3 Å². The third-order valence-electron chi connectivity index (χ3n) is 5.21. The summed E-state index contributed by atoms with van der Waals surface area (Å²) in [5.41, 5.74) is 12.5. The van der Waals surface area contributed by atoms with E-state index in [1.54, 1.807) is 6.20 Å². The summed E-state index contributed by atoms with van der Waals surface area (Å²) in [6.45, 7) is 3.83. The second-order valence-electron chi connectivity index (χ2n) is 7.15. The number of aromatic nitrogens is 4. The van der Waals surface area contributed by atoms with Gasteiger partial charge in [0.25, 0.3) is 0 Å². The largest absolute Gasteiger partial charge is 0.340 e. The molecule has 0 fully saturated rings. The Kier molecular flexibility index (Phi) is 4.20. The predicted molar refractivity (Wildman–Crippen MR) is 102 cm³/mol. The van der Waals surface area contributed by atoms with Crippen LogP contribution in [0.15, 0.2) is 24.4 Å². The van der Waals surface area contributed by atoms with Gasteiger partial charge in [-0.15, -0.1) is 0 Å². The molecule has 4 rings (SSSR count). The molecule has 0 radical (unpaired) electrons. The quantitative estimate of drug-likeness (QED) is 0.630. The molecular formula is C20H23N5O. The van der Waals surface area contributed by atoms with Crippen LogP contribution < -0.4 is 5.73 Å². The minimum atomic E-state index is 0.00716. The fourth-order valence-corrected chi connectivity index (χ4v) is 3.46. The molecule has 1 unspecified atom stereocenters. The summed E-state index contributed by atoms with van der Waals surface area (Å²) >= 11 is 0. The van der Waals surface area contributed by atoms with Crippen molar-refractivity contribution in [2.24, 2.45) is 5.73 Å². The molecule has 0 saturated heterocycles. The number of Topliss-reactive ketones (excluding diaryl/α,β-unsaturated/α-hetero) is 1. The van der Waals surface area contributed by atoms with E-state index in [4.69, 9.17) is 5.73 Å². The van der Waals surface area contributed by atoms with Crippen molar-refractivity contribution in [1.82, 2.24) is 20.2 Å². The van der Waals surface area contributed by atoms with Gasteiger partial charge in [0.2, 0.25) is 0 Å². The SMILES string of the molecule is Cc1[nH]nc(C(=O)Cc2cnc3[nH]c(C4=CCC(N)CC4)cc3c2)c1C. The third kappa shape index (κ3) is 3.08. The predicted octanol–water partition coefficient (Wildman–Crippen LogP) is 3.22. The number of allylic oxidation sites excluding steroid dienone is 1. The summed E-state index contributed by atoms with van der Waals surface area (Å²) in [5, 5.41) is 8.02. The van der Waals surface area contributed by atoms with Gasteiger partial charge in [0.05, 0.1) is 0 Å². The molecule has 6 heteroatoms. The average molecular weight is 349 g/mol. The summed E-state index contributed by atoms with van der Waals surface area (Å²) in [6, 6.07) is 4.42. The zero-order valence-corrected chi connectivity index (χ0v) is 15.1. The van der Waals surface area contributed by atoms with Gasteiger partial charge in [-0.2, -0.15) is 5.10 Å². The Labute approximate surface area is 151 Å². The molecule has 1 aliphatic carbocycles. The first-order valence-corrected chi connectivity index (χ1v) is 8.98. The molecule has 3 heterocycles. The van der Waals surface area contributed by atoms with Crippen molar-refractivity contribution in [2.45, 2.75) is 45.6 Å². The Morgan fingerprint density at radius 2 is 2.19 bits per heavy atom. The number of hydrogen-bond donors (Lipinski definition) is 3.